The van der Waals surface area contributed by atoms with Crippen LogP contribution in [0, 0.1) is 6.92 Å². The van der Waals surface area contributed by atoms with Crippen molar-refractivity contribution in [2.75, 3.05) is 0 Å². The van der Waals surface area contributed by atoms with Gasteiger partial charge in [-0.2, -0.15) is 0 Å². The minimum Gasteiger partial charge on any atom is -0.508 e. The Bertz CT molecular complexity index is 589. The number of fused-ring (bicyclic) bond motifs is 1. The molecule has 0 saturated carbocycles. The minimum absolute atomic E-state index is 0.175. The quantitative estimate of drug-likeness (QED) is 0.823. The molecule has 0 aliphatic carbocycles. The molecule has 1 aliphatic heterocycles. The van der Waals surface area contributed by atoms with Gasteiger partial charge in [-0.25, -0.2) is 0 Å². The molecule has 3 heteroatoms. The Hall–Kier alpha value is -2.00. The molecule has 2 aromatic rings. The van der Waals surface area contributed by atoms with E-state index in [9.17, 15) is 10.2 Å². The first-order chi connectivity index (χ1) is 9.13. The average molecular weight is 256 g/mol. The number of rotatable bonds is 1. The number of ether oxygens (including phenoxy) is 1. The van der Waals surface area contributed by atoms with Gasteiger partial charge in [0.1, 0.15) is 17.6 Å². The van der Waals surface area contributed by atoms with Crippen molar-refractivity contribution in [3.63, 3.8) is 0 Å². The summed E-state index contributed by atoms with van der Waals surface area (Å²) < 4.78 is 5.94. The number of hydrogen-bond donors (Lipinski definition) is 2. The van der Waals surface area contributed by atoms with Gasteiger partial charge in [-0.05, 0) is 36.8 Å². The van der Waals surface area contributed by atoms with Crippen LogP contribution in [0.3, 0.4) is 0 Å². The lowest BCUT2D eigenvalue weighted by atomic mass is 9.94. The summed E-state index contributed by atoms with van der Waals surface area (Å²) in [7, 11) is 0. The van der Waals surface area contributed by atoms with Gasteiger partial charge in [0.05, 0.1) is 6.10 Å². The first-order valence-electron chi connectivity index (χ1n) is 6.37. The second-order valence-corrected chi connectivity index (χ2v) is 4.99. The molecule has 2 atom stereocenters. The Balaban J connectivity index is 1.92. The predicted octanol–water partition coefficient (Wildman–Crippen LogP) is 3.26. The van der Waals surface area contributed by atoms with Crippen LogP contribution in [0.2, 0.25) is 0 Å². The van der Waals surface area contributed by atoms with Crippen molar-refractivity contribution in [2.45, 2.75) is 25.6 Å². The van der Waals surface area contributed by atoms with Gasteiger partial charge >= 0.3 is 0 Å². The monoisotopic (exact) mass is 256 g/mol. The molecule has 3 nitrogen and oxygen atoms in total. The van der Waals surface area contributed by atoms with E-state index in [1.54, 1.807) is 12.1 Å². The van der Waals surface area contributed by atoms with Crippen LogP contribution in [-0.2, 0) is 0 Å². The maximum absolute atomic E-state index is 10.2. The van der Waals surface area contributed by atoms with Crippen molar-refractivity contribution in [2.24, 2.45) is 0 Å². The topological polar surface area (TPSA) is 49.7 Å². The Labute approximate surface area is 112 Å². The molecule has 0 radical (unpaired) electrons. The molecule has 0 spiro atoms. The van der Waals surface area contributed by atoms with Crippen molar-refractivity contribution in [1.29, 1.82) is 0 Å². The summed E-state index contributed by atoms with van der Waals surface area (Å²) in [5.41, 5.74) is 2.93. The van der Waals surface area contributed by atoms with Gasteiger partial charge in [-0.1, -0.05) is 23.8 Å². The lowest BCUT2D eigenvalue weighted by molar-refractivity contribution is 0.0656. The van der Waals surface area contributed by atoms with Crippen LogP contribution < -0.4 is 4.74 Å². The van der Waals surface area contributed by atoms with E-state index in [2.05, 4.69) is 0 Å². The molecule has 19 heavy (non-hydrogen) atoms. The molecule has 2 aromatic carbocycles. The SMILES string of the molecule is Cc1ccc2c(c1)[C@H](O)CC(c1ccc(O)cc1)O2. The standard InChI is InChI=1S/C16H16O3/c1-10-2-7-15-13(8-10)14(18)9-16(19-15)11-3-5-12(17)6-4-11/h2-8,14,16-18H,9H2,1H3/t14-,16?/m1/s1. The molecule has 0 aromatic heterocycles. The van der Waals surface area contributed by atoms with E-state index < -0.39 is 6.10 Å². The predicted molar refractivity (Wildman–Crippen MR) is 72.2 cm³/mol. The highest BCUT2D eigenvalue weighted by atomic mass is 16.5. The van der Waals surface area contributed by atoms with E-state index >= 15 is 0 Å². The third kappa shape index (κ3) is 2.29. The van der Waals surface area contributed by atoms with E-state index in [1.165, 1.54) is 0 Å². The van der Waals surface area contributed by atoms with Crippen LogP contribution in [0.5, 0.6) is 11.5 Å². The molecule has 2 N–H and O–H groups in total. The maximum atomic E-state index is 10.2. The zero-order valence-electron chi connectivity index (χ0n) is 10.7. The number of phenolic OH excluding ortho intramolecular Hbond substituents is 1. The first kappa shape index (κ1) is 12.1. The number of phenols is 1. The lowest BCUT2D eigenvalue weighted by Gasteiger charge is -2.30. The number of aliphatic hydroxyl groups excluding tert-OH is 1. The second kappa shape index (κ2) is 4.59. The van der Waals surface area contributed by atoms with Crippen LogP contribution in [-0.4, -0.2) is 10.2 Å². The zero-order chi connectivity index (χ0) is 13.4. The fourth-order valence-electron chi connectivity index (χ4n) is 2.46. The van der Waals surface area contributed by atoms with Crippen LogP contribution in [0.15, 0.2) is 42.5 Å². The summed E-state index contributed by atoms with van der Waals surface area (Å²) in [4.78, 5) is 0. The molecule has 0 fully saturated rings. The number of benzene rings is 2. The van der Waals surface area contributed by atoms with Gasteiger partial charge in [0.25, 0.3) is 0 Å². The molecular formula is C16H16O3. The normalized spacial score (nSPS) is 21.6. The van der Waals surface area contributed by atoms with Gasteiger partial charge in [0.2, 0.25) is 0 Å². The summed E-state index contributed by atoms with van der Waals surface area (Å²) in [6.07, 6.45) is -0.158. The van der Waals surface area contributed by atoms with Gasteiger partial charge in [0, 0.05) is 12.0 Å². The Morgan fingerprint density at radius 3 is 2.58 bits per heavy atom. The summed E-state index contributed by atoms with van der Waals surface area (Å²) in [5, 5.41) is 19.5. The Morgan fingerprint density at radius 1 is 1.11 bits per heavy atom. The largest absolute Gasteiger partial charge is 0.508 e. The molecule has 98 valence electrons. The Morgan fingerprint density at radius 2 is 1.84 bits per heavy atom. The van der Waals surface area contributed by atoms with Crippen LogP contribution in [0.1, 0.15) is 35.3 Å². The highest BCUT2D eigenvalue weighted by Crippen LogP contribution is 2.41. The van der Waals surface area contributed by atoms with Gasteiger partial charge < -0.3 is 14.9 Å². The molecule has 1 aliphatic rings. The van der Waals surface area contributed by atoms with Gasteiger partial charge in [-0.15, -0.1) is 0 Å². The highest BCUT2D eigenvalue weighted by molar-refractivity contribution is 5.41. The molecule has 1 heterocycles. The fraction of sp³-hybridized carbons (Fsp3) is 0.250. The molecular weight excluding hydrogens is 240 g/mol. The summed E-state index contributed by atoms with van der Waals surface area (Å²) >= 11 is 0. The van der Waals surface area contributed by atoms with Crippen molar-refractivity contribution in [3.8, 4) is 11.5 Å². The molecule has 1 unspecified atom stereocenters. The van der Waals surface area contributed by atoms with Crippen LogP contribution >= 0.6 is 0 Å². The molecule has 0 amide bonds. The van der Waals surface area contributed by atoms with E-state index in [-0.39, 0.29) is 11.9 Å². The third-order valence-electron chi connectivity index (χ3n) is 3.50. The van der Waals surface area contributed by atoms with E-state index in [1.807, 2.05) is 37.3 Å². The van der Waals surface area contributed by atoms with Gasteiger partial charge in [-0.3, -0.25) is 0 Å². The van der Waals surface area contributed by atoms with Crippen LogP contribution in [0.25, 0.3) is 0 Å². The molecule has 0 bridgehead atoms. The molecule has 3 rings (SSSR count). The van der Waals surface area contributed by atoms with E-state index in [0.29, 0.717) is 6.42 Å². The first-order valence-corrected chi connectivity index (χ1v) is 6.37. The summed E-state index contributed by atoms with van der Waals surface area (Å²) in [6, 6.07) is 12.8. The number of hydrogen-bond acceptors (Lipinski definition) is 3. The van der Waals surface area contributed by atoms with E-state index in [0.717, 1.165) is 22.4 Å². The van der Waals surface area contributed by atoms with Crippen LogP contribution in [0.4, 0.5) is 0 Å². The maximum Gasteiger partial charge on any atom is 0.127 e. The van der Waals surface area contributed by atoms with Crippen molar-refractivity contribution in [3.05, 3.63) is 59.2 Å². The summed E-state index contributed by atoms with van der Waals surface area (Å²) in [6.45, 7) is 2.00. The van der Waals surface area contributed by atoms with Crippen molar-refractivity contribution >= 4 is 0 Å². The number of aliphatic hydroxyl groups is 1. The Kier molecular flexibility index (Phi) is 2.91. The lowest BCUT2D eigenvalue weighted by Crippen LogP contribution is -2.19. The second-order valence-electron chi connectivity index (χ2n) is 4.99. The minimum atomic E-state index is -0.512. The average Bonchev–Trinajstić information content (AvgIpc) is 2.40. The van der Waals surface area contributed by atoms with Crippen molar-refractivity contribution in [1.82, 2.24) is 0 Å². The van der Waals surface area contributed by atoms with E-state index in [4.69, 9.17) is 4.74 Å². The number of aryl methyl sites for hydroxylation is 1. The smallest absolute Gasteiger partial charge is 0.127 e. The highest BCUT2D eigenvalue weighted by Gasteiger charge is 2.27. The fourth-order valence-corrected chi connectivity index (χ4v) is 2.46. The number of aromatic hydroxyl groups is 1. The summed E-state index contributed by atoms with van der Waals surface area (Å²) in [5.74, 6) is 0.971. The molecule has 0 saturated heterocycles. The third-order valence-corrected chi connectivity index (χ3v) is 3.50. The zero-order valence-corrected chi connectivity index (χ0v) is 10.7. The van der Waals surface area contributed by atoms with Crippen molar-refractivity contribution < 1.29 is 14.9 Å². The van der Waals surface area contributed by atoms with Gasteiger partial charge in [0.15, 0.2) is 0 Å².